The molecular formula is C12H16N2O9. The van der Waals surface area contributed by atoms with E-state index in [0.717, 1.165) is 13.3 Å². The largest absolute Gasteiger partial charge is 0.467 e. The van der Waals surface area contributed by atoms with Crippen LogP contribution in [0.2, 0.25) is 0 Å². The highest BCUT2D eigenvalue weighted by Crippen LogP contribution is 2.28. The summed E-state index contributed by atoms with van der Waals surface area (Å²) in [6.07, 6.45) is -6.72. The number of ether oxygens (including phenoxy) is 2. The fourth-order valence-electron chi connectivity index (χ4n) is 2.23. The van der Waals surface area contributed by atoms with Crippen LogP contribution in [0.3, 0.4) is 0 Å². The van der Waals surface area contributed by atoms with E-state index in [1.807, 2.05) is 4.98 Å². The number of rotatable bonds is 4. The summed E-state index contributed by atoms with van der Waals surface area (Å²) >= 11 is 0. The molecule has 0 spiro atoms. The molecule has 23 heavy (non-hydrogen) atoms. The molecule has 1 fully saturated rings. The molecule has 1 aromatic rings. The first-order chi connectivity index (χ1) is 10.8. The zero-order chi connectivity index (χ0) is 17.3. The van der Waals surface area contributed by atoms with Gasteiger partial charge >= 0.3 is 11.7 Å². The third-order valence-corrected chi connectivity index (χ3v) is 3.51. The van der Waals surface area contributed by atoms with Crippen LogP contribution in [0.15, 0.2) is 15.8 Å². The minimum Gasteiger partial charge on any atom is -0.467 e. The van der Waals surface area contributed by atoms with E-state index in [4.69, 9.17) is 9.84 Å². The summed E-state index contributed by atoms with van der Waals surface area (Å²) in [5.41, 5.74) is -2.52. The Hall–Kier alpha value is -2.05. The lowest BCUT2D eigenvalue weighted by molar-refractivity contribution is -0.150. The van der Waals surface area contributed by atoms with Crippen LogP contribution in [-0.2, 0) is 14.3 Å². The molecule has 2 heterocycles. The summed E-state index contributed by atoms with van der Waals surface area (Å²) in [6, 6.07) is 0. The zero-order valence-electron chi connectivity index (χ0n) is 11.9. The molecule has 5 N–H and O–H groups in total. The van der Waals surface area contributed by atoms with Crippen molar-refractivity contribution in [3.8, 4) is 0 Å². The van der Waals surface area contributed by atoms with Crippen molar-refractivity contribution < 1.29 is 34.7 Å². The SMILES string of the molecule is COC(=O)C(O)c1cn([C@@H]2O[C@H](CO)[C@@H](O)[C@H]2O)c(=O)[nH]c1=O. The minimum atomic E-state index is -1.95. The highest BCUT2D eigenvalue weighted by atomic mass is 16.6. The molecule has 11 nitrogen and oxygen atoms in total. The quantitative estimate of drug-likeness (QED) is 0.349. The van der Waals surface area contributed by atoms with Gasteiger partial charge in [-0.15, -0.1) is 0 Å². The monoisotopic (exact) mass is 332 g/mol. The van der Waals surface area contributed by atoms with Gasteiger partial charge < -0.3 is 29.9 Å². The number of hydrogen-bond donors (Lipinski definition) is 5. The Balaban J connectivity index is 2.46. The number of H-pyrrole nitrogens is 1. The van der Waals surface area contributed by atoms with Crippen molar-refractivity contribution in [2.24, 2.45) is 0 Å². The predicted octanol–water partition coefficient (Wildman–Crippen LogP) is -3.65. The Morgan fingerprint density at radius 2 is 2.09 bits per heavy atom. The van der Waals surface area contributed by atoms with Gasteiger partial charge in [-0.25, -0.2) is 9.59 Å². The van der Waals surface area contributed by atoms with Gasteiger partial charge in [-0.1, -0.05) is 0 Å². The van der Waals surface area contributed by atoms with E-state index in [0.29, 0.717) is 4.57 Å². The van der Waals surface area contributed by atoms with Crippen molar-refractivity contribution >= 4 is 5.97 Å². The van der Waals surface area contributed by atoms with Crippen molar-refractivity contribution in [2.75, 3.05) is 13.7 Å². The Bertz CT molecular complexity index is 697. The number of aromatic nitrogens is 2. The first-order valence-corrected chi connectivity index (χ1v) is 6.55. The van der Waals surface area contributed by atoms with Gasteiger partial charge in [0.1, 0.15) is 18.3 Å². The van der Waals surface area contributed by atoms with Crippen molar-refractivity contribution in [1.82, 2.24) is 9.55 Å². The lowest BCUT2D eigenvalue weighted by Crippen LogP contribution is -2.39. The van der Waals surface area contributed by atoms with Gasteiger partial charge in [-0.05, 0) is 0 Å². The van der Waals surface area contributed by atoms with Gasteiger partial charge in [0.2, 0.25) is 0 Å². The number of nitrogens with zero attached hydrogens (tertiary/aromatic N) is 1. The highest BCUT2D eigenvalue weighted by molar-refractivity contribution is 5.75. The standard InChI is InChI=1S/C12H16N2O9/c1-22-11(20)6(16)4-2-14(12(21)13-9(4)19)10-8(18)7(17)5(3-15)23-10/h2,5-8,10,15-18H,3H2,1H3,(H,13,19,21)/t5-,6?,7-,8-,10-/m1/s1. The molecule has 0 amide bonds. The maximum Gasteiger partial charge on any atom is 0.339 e. The highest BCUT2D eigenvalue weighted by Gasteiger charge is 2.44. The number of hydrogen-bond acceptors (Lipinski definition) is 9. The molecule has 1 unspecified atom stereocenters. The van der Waals surface area contributed by atoms with Gasteiger partial charge in [0.25, 0.3) is 5.56 Å². The van der Waals surface area contributed by atoms with Crippen molar-refractivity contribution in [1.29, 1.82) is 0 Å². The van der Waals surface area contributed by atoms with E-state index in [2.05, 4.69) is 4.74 Å². The van der Waals surface area contributed by atoms with Gasteiger partial charge in [0.15, 0.2) is 12.3 Å². The fourth-order valence-corrected chi connectivity index (χ4v) is 2.23. The van der Waals surface area contributed by atoms with Crippen LogP contribution in [0.1, 0.15) is 17.9 Å². The van der Waals surface area contributed by atoms with E-state index in [9.17, 15) is 29.7 Å². The van der Waals surface area contributed by atoms with E-state index in [1.165, 1.54) is 0 Å². The molecule has 0 saturated carbocycles. The van der Waals surface area contributed by atoms with Gasteiger partial charge in [-0.2, -0.15) is 0 Å². The van der Waals surface area contributed by atoms with E-state index in [-0.39, 0.29) is 0 Å². The minimum absolute atomic E-state index is 0.505. The van der Waals surface area contributed by atoms with Crippen LogP contribution < -0.4 is 11.2 Å². The molecule has 2 rings (SSSR count). The summed E-state index contributed by atoms with van der Waals surface area (Å²) < 4.78 is 10.2. The molecule has 128 valence electrons. The number of aliphatic hydroxyl groups excluding tert-OH is 4. The molecule has 1 aliphatic rings. The first kappa shape index (κ1) is 17.3. The topological polar surface area (TPSA) is 171 Å². The Morgan fingerprint density at radius 3 is 2.61 bits per heavy atom. The van der Waals surface area contributed by atoms with Gasteiger partial charge in [0, 0.05) is 6.20 Å². The van der Waals surface area contributed by atoms with Crippen molar-refractivity contribution in [3.05, 3.63) is 32.6 Å². The van der Waals surface area contributed by atoms with Crippen LogP contribution in [0.4, 0.5) is 0 Å². The average Bonchev–Trinajstić information content (AvgIpc) is 2.81. The lowest BCUT2D eigenvalue weighted by Gasteiger charge is -2.18. The normalized spacial score (nSPS) is 28.6. The number of methoxy groups -OCH3 is 1. The molecule has 1 aromatic heterocycles. The van der Waals surface area contributed by atoms with E-state index >= 15 is 0 Å². The van der Waals surface area contributed by atoms with Crippen molar-refractivity contribution in [3.63, 3.8) is 0 Å². The van der Waals surface area contributed by atoms with Crippen LogP contribution in [0.5, 0.6) is 0 Å². The third-order valence-electron chi connectivity index (χ3n) is 3.51. The molecule has 11 heteroatoms. The number of carbonyl (C=O) groups excluding carboxylic acids is 1. The fraction of sp³-hybridized carbons (Fsp3) is 0.583. The molecule has 5 atom stereocenters. The summed E-state index contributed by atoms with van der Waals surface area (Å²) in [7, 11) is 1.00. The van der Waals surface area contributed by atoms with Crippen LogP contribution >= 0.6 is 0 Å². The molecule has 0 bridgehead atoms. The average molecular weight is 332 g/mol. The van der Waals surface area contributed by atoms with Crippen LogP contribution in [0.25, 0.3) is 0 Å². The number of esters is 1. The maximum atomic E-state index is 11.9. The summed E-state index contributed by atoms with van der Waals surface area (Å²) in [5, 5.41) is 38.4. The summed E-state index contributed by atoms with van der Waals surface area (Å²) in [5.74, 6) is -1.12. The van der Waals surface area contributed by atoms with Crippen LogP contribution in [-0.4, -0.2) is 68.0 Å². The maximum absolute atomic E-state index is 11.9. The van der Waals surface area contributed by atoms with Crippen molar-refractivity contribution in [2.45, 2.75) is 30.6 Å². The van der Waals surface area contributed by atoms with Crippen LogP contribution in [0, 0.1) is 0 Å². The molecule has 0 radical (unpaired) electrons. The zero-order valence-corrected chi connectivity index (χ0v) is 11.9. The number of carbonyl (C=O) groups is 1. The Morgan fingerprint density at radius 1 is 1.43 bits per heavy atom. The first-order valence-electron chi connectivity index (χ1n) is 6.55. The lowest BCUT2D eigenvalue weighted by atomic mass is 10.1. The third kappa shape index (κ3) is 3.04. The molecule has 0 aliphatic carbocycles. The number of aromatic amines is 1. The molecule has 0 aromatic carbocycles. The van der Waals surface area contributed by atoms with E-state index in [1.54, 1.807) is 0 Å². The predicted molar refractivity (Wildman–Crippen MR) is 71.3 cm³/mol. The smallest absolute Gasteiger partial charge is 0.339 e. The molecule has 1 aliphatic heterocycles. The number of nitrogens with one attached hydrogen (secondary N) is 1. The summed E-state index contributed by atoms with van der Waals surface area (Å²) in [4.78, 5) is 36.8. The second-order valence-electron chi connectivity index (χ2n) is 4.91. The second-order valence-corrected chi connectivity index (χ2v) is 4.91. The summed E-state index contributed by atoms with van der Waals surface area (Å²) in [6.45, 7) is -0.607. The Labute approximate surface area is 128 Å². The van der Waals surface area contributed by atoms with Gasteiger partial charge in [0.05, 0.1) is 19.3 Å². The van der Waals surface area contributed by atoms with E-state index < -0.39 is 60.0 Å². The van der Waals surface area contributed by atoms with Gasteiger partial charge in [-0.3, -0.25) is 14.3 Å². The second kappa shape index (κ2) is 6.60. The molecule has 1 saturated heterocycles. The molecular weight excluding hydrogens is 316 g/mol. The number of aliphatic hydroxyl groups is 4. The Kier molecular flexibility index (Phi) is 4.97.